The molecule has 2 bridgehead atoms. The molecule has 2 fully saturated rings. The normalized spacial score (nSPS) is 28.8. The molecule has 0 radical (unpaired) electrons. The van der Waals surface area contributed by atoms with Crippen LogP contribution in [0.5, 0.6) is 0 Å². The van der Waals surface area contributed by atoms with Crippen molar-refractivity contribution >= 4 is 5.91 Å². The second kappa shape index (κ2) is 5.13. The monoisotopic (exact) mass is 281 g/mol. The molecule has 108 valence electrons. The van der Waals surface area contributed by atoms with E-state index in [1.807, 2.05) is 0 Å². The van der Waals surface area contributed by atoms with Crippen LogP contribution in [-0.2, 0) is 4.74 Å². The van der Waals surface area contributed by atoms with Crippen molar-refractivity contribution in [3.8, 4) is 0 Å². The SMILES string of the molecule is COC1CC2CCC(C1)N2C(=O)c1c(F)cccc1F. The summed E-state index contributed by atoms with van der Waals surface area (Å²) in [5, 5.41) is 0. The lowest BCUT2D eigenvalue weighted by atomic mass is 9.98. The van der Waals surface area contributed by atoms with E-state index in [4.69, 9.17) is 4.74 Å². The van der Waals surface area contributed by atoms with Crippen molar-refractivity contribution in [3.05, 3.63) is 35.4 Å². The number of benzene rings is 1. The van der Waals surface area contributed by atoms with Gasteiger partial charge in [0.05, 0.1) is 6.10 Å². The maximum absolute atomic E-state index is 13.8. The van der Waals surface area contributed by atoms with Crippen molar-refractivity contribution in [2.24, 2.45) is 0 Å². The molecular formula is C15H17F2NO2. The minimum Gasteiger partial charge on any atom is -0.381 e. The van der Waals surface area contributed by atoms with Crippen LogP contribution in [0.15, 0.2) is 18.2 Å². The molecule has 2 aliphatic rings. The third kappa shape index (κ3) is 2.10. The quantitative estimate of drug-likeness (QED) is 0.834. The molecule has 0 N–H and O–H groups in total. The molecule has 0 saturated carbocycles. The summed E-state index contributed by atoms with van der Waals surface area (Å²) in [7, 11) is 1.66. The Balaban J connectivity index is 1.89. The minimum atomic E-state index is -0.789. The first kappa shape index (κ1) is 13.5. The number of carbonyl (C=O) groups is 1. The summed E-state index contributed by atoms with van der Waals surface area (Å²) in [5.74, 6) is -2.10. The van der Waals surface area contributed by atoms with Crippen LogP contribution in [0.3, 0.4) is 0 Å². The molecule has 0 spiro atoms. The molecule has 5 heteroatoms. The second-order valence-electron chi connectivity index (χ2n) is 5.52. The van der Waals surface area contributed by atoms with Gasteiger partial charge in [-0.25, -0.2) is 8.78 Å². The standard InChI is InChI=1S/C15H17F2NO2/c1-20-11-7-9-5-6-10(8-11)18(9)15(19)14-12(16)3-2-4-13(14)17/h2-4,9-11H,5-8H2,1H3. The fraction of sp³-hybridized carbons (Fsp3) is 0.533. The highest BCUT2D eigenvalue weighted by atomic mass is 19.1. The lowest BCUT2D eigenvalue weighted by Gasteiger charge is -2.38. The largest absolute Gasteiger partial charge is 0.381 e. The third-order valence-corrected chi connectivity index (χ3v) is 4.43. The molecule has 0 aliphatic carbocycles. The van der Waals surface area contributed by atoms with Gasteiger partial charge in [0.1, 0.15) is 17.2 Å². The van der Waals surface area contributed by atoms with Crippen LogP contribution in [0, 0.1) is 11.6 Å². The summed E-state index contributed by atoms with van der Waals surface area (Å²) in [5.41, 5.74) is -0.430. The van der Waals surface area contributed by atoms with Gasteiger partial charge >= 0.3 is 0 Å². The van der Waals surface area contributed by atoms with Crippen molar-refractivity contribution in [1.29, 1.82) is 0 Å². The molecule has 1 amide bonds. The second-order valence-corrected chi connectivity index (χ2v) is 5.52. The average Bonchev–Trinajstić information content (AvgIpc) is 2.69. The Morgan fingerprint density at radius 2 is 1.75 bits per heavy atom. The highest BCUT2D eigenvalue weighted by Gasteiger charge is 2.44. The third-order valence-electron chi connectivity index (χ3n) is 4.43. The van der Waals surface area contributed by atoms with E-state index in [2.05, 4.69) is 0 Å². The summed E-state index contributed by atoms with van der Waals surface area (Å²) < 4.78 is 32.9. The van der Waals surface area contributed by atoms with E-state index in [-0.39, 0.29) is 18.2 Å². The number of carbonyl (C=O) groups excluding carboxylic acids is 1. The van der Waals surface area contributed by atoms with Crippen molar-refractivity contribution in [2.75, 3.05) is 7.11 Å². The number of halogens is 2. The Kier molecular flexibility index (Phi) is 3.46. The Labute approximate surface area is 116 Å². The number of nitrogens with zero attached hydrogens (tertiary/aromatic N) is 1. The van der Waals surface area contributed by atoms with Gasteiger partial charge in [-0.05, 0) is 37.8 Å². The Hall–Kier alpha value is -1.49. The molecule has 2 heterocycles. The number of amides is 1. The van der Waals surface area contributed by atoms with Crippen LogP contribution in [0.4, 0.5) is 8.78 Å². The number of hydrogen-bond donors (Lipinski definition) is 0. The average molecular weight is 281 g/mol. The summed E-state index contributed by atoms with van der Waals surface area (Å²) in [6.45, 7) is 0. The van der Waals surface area contributed by atoms with Crippen LogP contribution in [0.25, 0.3) is 0 Å². The maximum atomic E-state index is 13.8. The first-order valence-corrected chi connectivity index (χ1v) is 6.91. The van der Waals surface area contributed by atoms with Crippen LogP contribution in [0.2, 0.25) is 0 Å². The van der Waals surface area contributed by atoms with E-state index in [0.29, 0.717) is 0 Å². The smallest absolute Gasteiger partial charge is 0.260 e. The summed E-state index contributed by atoms with van der Waals surface area (Å²) in [4.78, 5) is 14.2. The van der Waals surface area contributed by atoms with E-state index in [1.165, 1.54) is 6.07 Å². The van der Waals surface area contributed by atoms with Gasteiger partial charge in [-0.2, -0.15) is 0 Å². The van der Waals surface area contributed by atoms with Crippen LogP contribution < -0.4 is 0 Å². The Morgan fingerprint density at radius 1 is 1.20 bits per heavy atom. The van der Waals surface area contributed by atoms with E-state index < -0.39 is 23.1 Å². The van der Waals surface area contributed by atoms with Gasteiger partial charge in [-0.1, -0.05) is 6.07 Å². The first-order valence-electron chi connectivity index (χ1n) is 6.91. The van der Waals surface area contributed by atoms with Crippen LogP contribution in [-0.4, -0.2) is 36.1 Å². The number of piperidine rings is 1. The van der Waals surface area contributed by atoms with Crippen molar-refractivity contribution < 1.29 is 18.3 Å². The molecule has 2 saturated heterocycles. The fourth-order valence-corrected chi connectivity index (χ4v) is 3.48. The highest BCUT2D eigenvalue weighted by Crippen LogP contribution is 2.38. The zero-order chi connectivity index (χ0) is 14.3. The predicted octanol–water partition coefficient (Wildman–Crippen LogP) is 2.75. The minimum absolute atomic E-state index is 0.0326. The molecule has 3 nitrogen and oxygen atoms in total. The first-order chi connectivity index (χ1) is 9.61. The molecule has 1 aromatic carbocycles. The molecule has 0 aromatic heterocycles. The number of methoxy groups -OCH3 is 1. The van der Waals surface area contributed by atoms with E-state index in [0.717, 1.165) is 37.8 Å². The lowest BCUT2D eigenvalue weighted by Crippen LogP contribution is -2.48. The molecule has 2 unspecified atom stereocenters. The highest BCUT2D eigenvalue weighted by molar-refractivity contribution is 5.95. The van der Waals surface area contributed by atoms with Gasteiger partial charge in [0.15, 0.2) is 0 Å². The van der Waals surface area contributed by atoms with Gasteiger partial charge in [-0.15, -0.1) is 0 Å². The zero-order valence-electron chi connectivity index (χ0n) is 11.3. The molecule has 3 rings (SSSR count). The van der Waals surface area contributed by atoms with Gasteiger partial charge < -0.3 is 9.64 Å². The van der Waals surface area contributed by atoms with E-state index in [1.54, 1.807) is 12.0 Å². The topological polar surface area (TPSA) is 29.5 Å². The van der Waals surface area contributed by atoms with Crippen LogP contribution >= 0.6 is 0 Å². The lowest BCUT2D eigenvalue weighted by molar-refractivity contribution is 0.00780. The molecular weight excluding hydrogens is 264 g/mol. The molecule has 2 aliphatic heterocycles. The number of ether oxygens (including phenoxy) is 1. The van der Waals surface area contributed by atoms with Crippen molar-refractivity contribution in [1.82, 2.24) is 4.90 Å². The van der Waals surface area contributed by atoms with Crippen molar-refractivity contribution in [2.45, 2.75) is 43.9 Å². The van der Waals surface area contributed by atoms with Crippen LogP contribution in [0.1, 0.15) is 36.0 Å². The fourth-order valence-electron chi connectivity index (χ4n) is 3.48. The Bertz CT molecular complexity index is 500. The number of fused-ring (bicyclic) bond motifs is 2. The number of hydrogen-bond acceptors (Lipinski definition) is 2. The van der Waals surface area contributed by atoms with Gasteiger partial charge in [-0.3, -0.25) is 4.79 Å². The maximum Gasteiger partial charge on any atom is 0.260 e. The Morgan fingerprint density at radius 3 is 2.25 bits per heavy atom. The van der Waals surface area contributed by atoms with Crippen molar-refractivity contribution in [3.63, 3.8) is 0 Å². The van der Waals surface area contributed by atoms with E-state index >= 15 is 0 Å². The number of rotatable bonds is 2. The van der Waals surface area contributed by atoms with Gasteiger partial charge in [0.2, 0.25) is 0 Å². The molecule has 20 heavy (non-hydrogen) atoms. The van der Waals surface area contributed by atoms with Gasteiger partial charge in [0.25, 0.3) is 5.91 Å². The summed E-state index contributed by atoms with van der Waals surface area (Å²) in [6.07, 6.45) is 3.39. The summed E-state index contributed by atoms with van der Waals surface area (Å²) in [6, 6.07) is 3.59. The van der Waals surface area contributed by atoms with E-state index in [9.17, 15) is 13.6 Å². The zero-order valence-corrected chi connectivity index (χ0v) is 11.3. The molecule has 1 aromatic rings. The summed E-state index contributed by atoms with van der Waals surface area (Å²) >= 11 is 0. The molecule has 2 atom stereocenters. The predicted molar refractivity (Wildman–Crippen MR) is 69.4 cm³/mol. The van der Waals surface area contributed by atoms with Gasteiger partial charge in [0, 0.05) is 19.2 Å².